The number of aromatic nitrogens is 5. The molecule has 1 fully saturated rings. The van der Waals surface area contributed by atoms with Crippen molar-refractivity contribution in [3.05, 3.63) is 30.4 Å². The summed E-state index contributed by atoms with van der Waals surface area (Å²) in [5.74, 6) is 1.04. The maximum Gasteiger partial charge on any atom is 0.165 e. The van der Waals surface area contributed by atoms with Crippen LogP contribution in [-0.2, 0) is 7.05 Å². The third kappa shape index (κ3) is 2.14. The molecule has 22 heavy (non-hydrogen) atoms. The van der Waals surface area contributed by atoms with Gasteiger partial charge in [-0.15, -0.1) is 0 Å². The van der Waals surface area contributed by atoms with Crippen molar-refractivity contribution in [3.8, 4) is 11.1 Å². The minimum atomic E-state index is 0.415. The Morgan fingerprint density at radius 3 is 2.95 bits per heavy atom. The van der Waals surface area contributed by atoms with Crippen molar-refractivity contribution < 1.29 is 0 Å². The van der Waals surface area contributed by atoms with Gasteiger partial charge in [-0.05, 0) is 19.4 Å². The zero-order valence-corrected chi connectivity index (χ0v) is 12.5. The maximum absolute atomic E-state index is 6.18. The molecule has 7 heteroatoms. The van der Waals surface area contributed by atoms with E-state index in [-0.39, 0.29) is 0 Å². The van der Waals surface area contributed by atoms with E-state index in [2.05, 4.69) is 15.5 Å². The summed E-state index contributed by atoms with van der Waals surface area (Å²) in [6.45, 7) is 2.04. The fourth-order valence-electron chi connectivity index (χ4n) is 3.08. The van der Waals surface area contributed by atoms with Gasteiger partial charge in [-0.3, -0.25) is 4.68 Å². The molecule has 1 atom stereocenters. The highest BCUT2D eigenvalue weighted by atomic mass is 15.3. The number of anilines is 1. The Morgan fingerprint density at radius 2 is 2.23 bits per heavy atom. The number of hydrogen-bond acceptors (Lipinski definition) is 5. The van der Waals surface area contributed by atoms with Gasteiger partial charge in [0.05, 0.1) is 18.1 Å². The highest BCUT2D eigenvalue weighted by Gasteiger charge is 2.20. The first-order valence-electron chi connectivity index (χ1n) is 7.56. The number of hydrogen-bond donors (Lipinski definition) is 2. The maximum atomic E-state index is 6.18. The number of nitrogens with one attached hydrogen (secondary N) is 1. The summed E-state index contributed by atoms with van der Waals surface area (Å²) in [5, 5.41) is 12.0. The second kappa shape index (κ2) is 5.10. The minimum absolute atomic E-state index is 0.415. The summed E-state index contributed by atoms with van der Waals surface area (Å²) < 4.78 is 3.47. The van der Waals surface area contributed by atoms with Crippen molar-refractivity contribution in [1.29, 1.82) is 0 Å². The topological polar surface area (TPSA) is 86.1 Å². The number of aryl methyl sites for hydroxylation is 1. The standard InChI is InChI=1S/C15H19N7/c1-21-9-11(7-18-21)12-8-19-22-14(16)5-13(20-15(12)22)10-3-2-4-17-6-10/h5,7-10,17H,2-4,6,16H2,1H3/t10-/m1/s1. The lowest BCUT2D eigenvalue weighted by molar-refractivity contribution is 0.455. The largest absolute Gasteiger partial charge is 0.384 e. The fourth-order valence-corrected chi connectivity index (χ4v) is 3.08. The summed E-state index contributed by atoms with van der Waals surface area (Å²) in [5.41, 5.74) is 9.99. The fraction of sp³-hybridized carbons (Fsp3) is 0.400. The highest BCUT2D eigenvalue weighted by molar-refractivity contribution is 5.77. The first-order valence-corrected chi connectivity index (χ1v) is 7.56. The van der Waals surface area contributed by atoms with Gasteiger partial charge < -0.3 is 11.1 Å². The molecule has 0 saturated carbocycles. The van der Waals surface area contributed by atoms with Gasteiger partial charge in [0.15, 0.2) is 5.65 Å². The van der Waals surface area contributed by atoms with Crippen molar-refractivity contribution in [2.45, 2.75) is 18.8 Å². The molecule has 1 aliphatic heterocycles. The summed E-state index contributed by atoms with van der Waals surface area (Å²) in [6.07, 6.45) is 7.91. The van der Waals surface area contributed by atoms with Gasteiger partial charge in [-0.25, -0.2) is 4.98 Å². The molecule has 0 radical (unpaired) electrons. The Labute approximate surface area is 128 Å². The molecule has 0 spiro atoms. The van der Waals surface area contributed by atoms with Gasteiger partial charge in [0, 0.05) is 42.9 Å². The molecule has 0 unspecified atom stereocenters. The van der Waals surface area contributed by atoms with Crippen LogP contribution in [0.4, 0.5) is 5.82 Å². The van der Waals surface area contributed by atoms with Gasteiger partial charge in [-0.2, -0.15) is 14.7 Å². The van der Waals surface area contributed by atoms with E-state index in [0.29, 0.717) is 11.7 Å². The van der Waals surface area contributed by atoms with Crippen LogP contribution >= 0.6 is 0 Å². The third-order valence-electron chi connectivity index (χ3n) is 4.25. The molecule has 4 heterocycles. The van der Waals surface area contributed by atoms with Gasteiger partial charge in [0.1, 0.15) is 5.82 Å². The lowest BCUT2D eigenvalue weighted by Gasteiger charge is -2.22. The second-order valence-corrected chi connectivity index (χ2v) is 5.85. The average molecular weight is 297 g/mol. The van der Waals surface area contributed by atoms with Gasteiger partial charge >= 0.3 is 0 Å². The highest BCUT2D eigenvalue weighted by Crippen LogP contribution is 2.28. The van der Waals surface area contributed by atoms with E-state index in [1.165, 1.54) is 6.42 Å². The molecule has 7 nitrogen and oxygen atoms in total. The van der Waals surface area contributed by atoms with Gasteiger partial charge in [0.2, 0.25) is 0 Å². The van der Waals surface area contributed by atoms with E-state index >= 15 is 0 Å². The van der Waals surface area contributed by atoms with E-state index in [1.807, 2.05) is 25.5 Å². The number of nitrogens with two attached hydrogens (primary N) is 1. The van der Waals surface area contributed by atoms with Crippen LogP contribution in [0.25, 0.3) is 16.8 Å². The third-order valence-corrected chi connectivity index (χ3v) is 4.25. The van der Waals surface area contributed by atoms with E-state index in [1.54, 1.807) is 15.4 Å². The second-order valence-electron chi connectivity index (χ2n) is 5.85. The summed E-state index contributed by atoms with van der Waals surface area (Å²) in [4.78, 5) is 4.85. The lowest BCUT2D eigenvalue weighted by Crippen LogP contribution is -2.29. The SMILES string of the molecule is Cn1cc(-c2cnn3c(N)cc([C@@H]4CCCNC4)nc23)cn1. The molecule has 114 valence electrons. The Bertz CT molecular complexity index is 811. The van der Waals surface area contributed by atoms with Crippen molar-refractivity contribution in [2.75, 3.05) is 18.8 Å². The van der Waals surface area contributed by atoms with Crippen LogP contribution in [0, 0.1) is 0 Å². The van der Waals surface area contributed by atoms with Crippen LogP contribution in [0.1, 0.15) is 24.5 Å². The van der Waals surface area contributed by atoms with Crippen molar-refractivity contribution in [2.24, 2.45) is 7.05 Å². The molecule has 0 amide bonds. The normalized spacial score (nSPS) is 18.9. The van der Waals surface area contributed by atoms with Crippen molar-refractivity contribution in [3.63, 3.8) is 0 Å². The van der Waals surface area contributed by atoms with Gasteiger partial charge in [0.25, 0.3) is 0 Å². The molecule has 0 bridgehead atoms. The summed E-state index contributed by atoms with van der Waals surface area (Å²) in [6, 6.07) is 1.95. The van der Waals surface area contributed by atoms with Gasteiger partial charge in [-0.1, -0.05) is 0 Å². The first-order chi connectivity index (χ1) is 10.7. The molecule has 3 aromatic heterocycles. The molecule has 3 N–H and O–H groups in total. The van der Waals surface area contributed by atoms with E-state index in [9.17, 15) is 0 Å². The Balaban J connectivity index is 1.84. The van der Waals surface area contributed by atoms with Crippen LogP contribution in [-0.4, -0.2) is 37.5 Å². The minimum Gasteiger partial charge on any atom is -0.384 e. The van der Waals surface area contributed by atoms with Crippen molar-refractivity contribution in [1.82, 2.24) is 29.7 Å². The lowest BCUT2D eigenvalue weighted by atomic mass is 9.96. The Hall–Kier alpha value is -2.41. The smallest absolute Gasteiger partial charge is 0.165 e. The molecule has 1 saturated heterocycles. The number of nitrogen functional groups attached to an aromatic ring is 1. The van der Waals surface area contributed by atoms with Crippen LogP contribution in [0.15, 0.2) is 24.7 Å². The molecule has 0 aromatic carbocycles. The first kappa shape index (κ1) is 13.3. The van der Waals surface area contributed by atoms with Crippen molar-refractivity contribution >= 4 is 11.5 Å². The van der Waals surface area contributed by atoms with E-state index < -0.39 is 0 Å². The number of fused-ring (bicyclic) bond motifs is 1. The van der Waals surface area contributed by atoms with E-state index in [4.69, 9.17) is 10.7 Å². The molecule has 4 rings (SSSR count). The predicted octanol–water partition coefficient (Wildman–Crippen LogP) is 1.18. The molecule has 0 aliphatic carbocycles. The molecule has 3 aromatic rings. The Morgan fingerprint density at radius 1 is 1.32 bits per heavy atom. The molecular formula is C15H19N7. The number of nitrogens with zero attached hydrogens (tertiary/aromatic N) is 5. The van der Waals surface area contributed by atoms with Crippen LogP contribution in [0.3, 0.4) is 0 Å². The van der Waals surface area contributed by atoms with Crippen LogP contribution < -0.4 is 11.1 Å². The summed E-state index contributed by atoms with van der Waals surface area (Å²) in [7, 11) is 1.90. The van der Waals surface area contributed by atoms with E-state index in [0.717, 1.165) is 42.0 Å². The van der Waals surface area contributed by atoms with Crippen LogP contribution in [0.2, 0.25) is 0 Å². The zero-order chi connectivity index (χ0) is 15.1. The quantitative estimate of drug-likeness (QED) is 0.742. The molecule has 1 aliphatic rings. The summed E-state index contributed by atoms with van der Waals surface area (Å²) >= 11 is 0. The Kier molecular flexibility index (Phi) is 3.07. The average Bonchev–Trinajstić information content (AvgIpc) is 3.14. The monoisotopic (exact) mass is 297 g/mol. The number of piperidine rings is 1. The predicted molar refractivity (Wildman–Crippen MR) is 84.4 cm³/mol. The number of rotatable bonds is 2. The zero-order valence-electron chi connectivity index (χ0n) is 12.5. The van der Waals surface area contributed by atoms with Crippen LogP contribution in [0.5, 0.6) is 0 Å². The molecular weight excluding hydrogens is 278 g/mol.